The first kappa shape index (κ1) is 50.9. The van der Waals surface area contributed by atoms with Crippen LogP contribution in [0.25, 0.3) is 16.6 Å². The molecule has 0 aliphatic heterocycles. The monoisotopic (exact) mass is 1030 g/mol. The zero-order chi connectivity index (χ0) is 54.8. The molecule has 13 nitrogen and oxygen atoms in total. The average Bonchev–Trinajstić information content (AvgIpc) is 3.99. The van der Waals surface area contributed by atoms with Gasteiger partial charge < -0.3 is 15.2 Å². The molecule has 370 valence electrons. The maximum Gasteiger partial charge on any atom is 0.340 e. The molecule has 3 aromatic heterocycles. The molecule has 0 atom stereocenters. The number of nitriles is 2. The molecule has 0 bridgehead atoms. The van der Waals surface area contributed by atoms with Crippen LogP contribution in [-0.2, 0) is 14.3 Å². The van der Waals surface area contributed by atoms with E-state index in [1.165, 1.54) is 41.8 Å². The predicted molar refractivity (Wildman–Crippen MR) is 284 cm³/mol. The van der Waals surface area contributed by atoms with Crippen LogP contribution in [0.1, 0.15) is 144 Å². The maximum atomic E-state index is 13.1. The molecule has 72 heavy (non-hydrogen) atoms. The van der Waals surface area contributed by atoms with E-state index in [-0.39, 0.29) is 23.0 Å². The summed E-state index contributed by atoms with van der Waals surface area (Å²) in [6.45, 7) is 3.65. The van der Waals surface area contributed by atoms with E-state index in [9.17, 15) is 29.3 Å². The summed E-state index contributed by atoms with van der Waals surface area (Å²) in [5.74, 6) is 5.18. The van der Waals surface area contributed by atoms with Crippen molar-refractivity contribution in [2.75, 3.05) is 19.5 Å². The molecule has 9 rings (SSSR count). The van der Waals surface area contributed by atoms with Gasteiger partial charge in [0.05, 0.1) is 45.4 Å². The van der Waals surface area contributed by atoms with Gasteiger partial charge in [0.1, 0.15) is 29.1 Å². The van der Waals surface area contributed by atoms with Gasteiger partial charge in [-0.15, -0.1) is 12.8 Å². The number of hydrogen-bond donors (Lipinski definition) is 3. The number of rotatable bonds is 6. The van der Waals surface area contributed by atoms with Crippen LogP contribution in [0.2, 0.25) is 10.0 Å². The number of benzene rings is 4. The number of methoxy groups -OCH3 is 1. The molecular weight excluding hydrogens is 974 g/mol. The smallest absolute Gasteiger partial charge is 0.340 e. The number of ether oxygens (including phenoxy) is 2. The summed E-state index contributed by atoms with van der Waals surface area (Å²) in [4.78, 5) is 38.5. The second-order valence-corrected chi connectivity index (χ2v) is 17.8. The Bertz CT molecular complexity index is 3320. The normalized spacial score (nSPS) is 17.2. The molecule has 2 aliphatic rings. The topological polar surface area (TPSA) is 205 Å². The molecule has 2 aliphatic carbocycles. The van der Waals surface area contributed by atoms with Gasteiger partial charge in [0.2, 0.25) is 0 Å². The second-order valence-electron chi connectivity index (χ2n) is 16.9. The van der Waals surface area contributed by atoms with Gasteiger partial charge in [-0.05, 0) is 142 Å². The SMILES string of the molecule is C#Cc1ccc(F)c(C(=O)OC)c1.C#Cc1ccc2nc3c(C#N)c(C4CCC(c5ccc(Cl)cc5)CC4)[nH]n3c(=O)c2c1.CCOC(C)=O.N#Cc1c(N)n[nH]c1C1CCC(c2ccc(Cl)cc2)CC1.[3H]P([3H])[3H]. The zero-order valence-electron chi connectivity index (χ0n) is 42.8. The lowest BCUT2D eigenvalue weighted by molar-refractivity contribution is -0.140. The summed E-state index contributed by atoms with van der Waals surface area (Å²) >= 11 is 12.0. The van der Waals surface area contributed by atoms with Crippen molar-refractivity contribution < 1.29 is 23.5 Å². The number of carbonyl (C=O) groups is 2. The van der Waals surface area contributed by atoms with E-state index in [0.717, 1.165) is 78.9 Å². The molecule has 17 heteroatoms. The third kappa shape index (κ3) is 13.5. The Hall–Kier alpha value is -7.45. The molecule has 4 aromatic carbocycles. The fourth-order valence-electron chi connectivity index (χ4n) is 9.02. The van der Waals surface area contributed by atoms with E-state index >= 15 is 0 Å². The van der Waals surface area contributed by atoms with Gasteiger partial charge in [-0.2, -0.15) is 29.9 Å². The first-order valence-corrected chi connectivity index (χ1v) is 23.7. The van der Waals surface area contributed by atoms with Crippen LogP contribution < -0.4 is 11.3 Å². The summed E-state index contributed by atoms with van der Waals surface area (Å²) < 4.78 is 41.1. The van der Waals surface area contributed by atoms with Crippen molar-refractivity contribution in [3.8, 4) is 36.8 Å². The Morgan fingerprint density at radius 1 is 0.833 bits per heavy atom. The first-order chi connectivity index (χ1) is 36.0. The van der Waals surface area contributed by atoms with E-state index in [2.05, 4.69) is 78.0 Å². The number of aromatic amines is 2. The van der Waals surface area contributed by atoms with Crippen molar-refractivity contribution in [3.63, 3.8) is 0 Å². The molecule has 0 saturated heterocycles. The van der Waals surface area contributed by atoms with Crippen molar-refractivity contribution in [1.29, 1.82) is 14.4 Å². The van der Waals surface area contributed by atoms with E-state index < -0.39 is 21.5 Å². The minimum absolute atomic E-state index is 0.141. The van der Waals surface area contributed by atoms with Gasteiger partial charge in [-0.3, -0.25) is 19.8 Å². The Labute approximate surface area is 434 Å². The Morgan fingerprint density at radius 2 is 1.33 bits per heavy atom. The van der Waals surface area contributed by atoms with E-state index in [1.54, 1.807) is 25.1 Å². The first-order valence-electron chi connectivity index (χ1n) is 24.3. The van der Waals surface area contributed by atoms with Gasteiger partial charge >= 0.3 is 11.9 Å². The van der Waals surface area contributed by atoms with Crippen molar-refractivity contribution in [2.24, 2.45) is 0 Å². The summed E-state index contributed by atoms with van der Waals surface area (Å²) in [7, 11) is -0.686. The molecule has 0 amide bonds. The van der Waals surface area contributed by atoms with E-state index in [4.69, 9.17) is 45.6 Å². The Balaban J connectivity index is 0.000000204. The van der Waals surface area contributed by atoms with Crippen LogP contribution in [0.4, 0.5) is 10.2 Å². The summed E-state index contributed by atoms with van der Waals surface area (Å²) in [6, 6.07) is 29.6. The number of H-pyrrole nitrogens is 2. The van der Waals surface area contributed by atoms with Crippen LogP contribution in [0.5, 0.6) is 0 Å². The average molecular weight is 1030 g/mol. The third-order valence-corrected chi connectivity index (χ3v) is 13.1. The molecule has 2 fully saturated rings. The number of hydrogen-bond acceptors (Lipinski definition) is 10. The molecule has 0 unspecified atom stereocenters. The summed E-state index contributed by atoms with van der Waals surface area (Å²) in [5.41, 5.74) is 12.6. The number of nitrogens with zero attached hydrogens (tertiary/aromatic N) is 5. The fourth-order valence-corrected chi connectivity index (χ4v) is 9.27. The number of nitrogens with two attached hydrogens (primary N) is 1. The van der Waals surface area contributed by atoms with Crippen LogP contribution in [-0.4, -0.2) is 54.3 Å². The van der Waals surface area contributed by atoms with Gasteiger partial charge in [0.25, 0.3) is 5.56 Å². The van der Waals surface area contributed by atoms with Crippen LogP contribution in [0.15, 0.2) is 89.7 Å². The molecular formula is C55H54Cl2FN8O5P. The molecule has 3 heterocycles. The lowest BCUT2D eigenvalue weighted by atomic mass is 9.77. The number of terminal acetylenes is 2. The number of carbonyl (C=O) groups excluding carboxylic acids is 2. The highest BCUT2D eigenvalue weighted by atomic mass is 35.5. The van der Waals surface area contributed by atoms with Crippen molar-refractivity contribution >= 4 is 67.2 Å². The van der Waals surface area contributed by atoms with Crippen molar-refractivity contribution in [3.05, 3.63) is 161 Å². The molecule has 4 N–H and O–H groups in total. The van der Waals surface area contributed by atoms with Crippen LogP contribution in [0.3, 0.4) is 0 Å². The zero-order valence-corrected chi connectivity index (χ0v) is 42.3. The lowest BCUT2D eigenvalue weighted by Gasteiger charge is -2.28. The number of anilines is 1. The van der Waals surface area contributed by atoms with Gasteiger partial charge in [0.15, 0.2) is 11.5 Å². The number of nitrogens with one attached hydrogen (secondary N) is 2. The second kappa shape index (κ2) is 26.1. The minimum atomic E-state index is -1.87. The maximum absolute atomic E-state index is 13.1. The number of nitrogen functional groups attached to an aromatic ring is 1. The Kier molecular flexibility index (Phi) is 18.5. The predicted octanol–water partition coefficient (Wildman–Crippen LogP) is 11.3. The highest BCUT2D eigenvalue weighted by Crippen LogP contribution is 2.43. The number of aromatic nitrogens is 5. The summed E-state index contributed by atoms with van der Waals surface area (Å²) in [6.07, 6.45) is 18.8. The van der Waals surface area contributed by atoms with Gasteiger partial charge in [0, 0.05) is 39.9 Å². The highest BCUT2D eigenvalue weighted by molar-refractivity contribution is 6.92. The van der Waals surface area contributed by atoms with Gasteiger partial charge in [-0.25, -0.2) is 14.2 Å². The van der Waals surface area contributed by atoms with Crippen molar-refractivity contribution in [2.45, 2.75) is 88.9 Å². The lowest BCUT2D eigenvalue weighted by Crippen LogP contribution is -2.16. The quantitative estimate of drug-likeness (QED) is 0.0816. The Morgan fingerprint density at radius 3 is 1.81 bits per heavy atom. The van der Waals surface area contributed by atoms with Gasteiger partial charge in [-0.1, -0.05) is 59.3 Å². The molecule has 0 spiro atoms. The summed E-state index contributed by atoms with van der Waals surface area (Å²) in [5, 5.41) is 31.1. The standard InChI is InChI=1S/C25H19ClN4O.C16H17ClN4.C10H7FO2.C4H8O2.H3P/c1-2-15-3-12-22-20(13-15)25(31)30-24(28-22)21(14-27)23(29-30)18-6-4-16(5-7-18)17-8-10-19(26)11-9-17;17-13-7-5-11(6-8-13)10-1-3-12(4-2-10)15-14(9-18)16(19)21-20-15;1-3-7-4-5-9(11)8(6-7)10(12)13-2;1-3-6-4(2)5;/h1,3,8-13,16,18,29H,4-7H2;5-8,10,12H,1-4H2,(H3,19,20,21);1,4-6H,2H3;3H2,1-2H3;1H3/i;;;;1T3. The van der Waals surface area contributed by atoms with E-state index in [1.807, 2.05) is 24.3 Å². The van der Waals surface area contributed by atoms with Crippen LogP contribution in [0, 0.1) is 53.2 Å². The number of esters is 2. The largest absolute Gasteiger partial charge is 0.466 e. The number of fused-ring (bicyclic) bond motifs is 2. The molecule has 2 saturated carbocycles. The highest BCUT2D eigenvalue weighted by Gasteiger charge is 2.29. The van der Waals surface area contributed by atoms with Crippen molar-refractivity contribution in [1.82, 2.24) is 24.8 Å². The third-order valence-electron chi connectivity index (χ3n) is 12.6. The number of halogens is 3. The van der Waals surface area contributed by atoms with Crippen LogP contribution >= 0.6 is 32.9 Å². The fraction of sp³-hybridized carbons (Fsp3) is 0.291. The molecule has 0 radical (unpaired) electrons. The molecule has 7 aromatic rings. The van der Waals surface area contributed by atoms with E-state index in [0.29, 0.717) is 69.0 Å². The minimum Gasteiger partial charge on any atom is -0.466 e.